The number of morpholine rings is 1. The Morgan fingerprint density at radius 3 is 2.50 bits per heavy atom. The third-order valence-electron chi connectivity index (χ3n) is 2.32. The standard InChI is InChI=1S/C8H14FNO2/c9-1-2-10-3-7-5-11-6-8(4-10)12-7/h7-8H,1-6H2. The van der Waals surface area contributed by atoms with Crippen LogP contribution >= 0.6 is 0 Å². The van der Waals surface area contributed by atoms with Crippen LogP contribution in [0.25, 0.3) is 0 Å². The second-order valence-electron chi connectivity index (χ2n) is 3.37. The molecule has 2 rings (SSSR count). The Hall–Kier alpha value is -0.190. The molecule has 2 fully saturated rings. The van der Waals surface area contributed by atoms with E-state index in [9.17, 15) is 4.39 Å². The number of alkyl halides is 1. The summed E-state index contributed by atoms with van der Waals surface area (Å²) in [4.78, 5) is 2.11. The lowest BCUT2D eigenvalue weighted by Gasteiger charge is -2.40. The van der Waals surface area contributed by atoms with E-state index in [4.69, 9.17) is 9.47 Å². The Morgan fingerprint density at radius 2 is 1.92 bits per heavy atom. The Balaban J connectivity index is 1.87. The van der Waals surface area contributed by atoms with Crippen molar-refractivity contribution in [3.8, 4) is 0 Å². The zero-order valence-corrected chi connectivity index (χ0v) is 7.04. The first kappa shape index (κ1) is 8.41. The summed E-state index contributed by atoms with van der Waals surface area (Å²) in [5.74, 6) is 0. The molecule has 12 heavy (non-hydrogen) atoms. The number of hydrogen-bond donors (Lipinski definition) is 0. The van der Waals surface area contributed by atoms with Gasteiger partial charge in [0.15, 0.2) is 0 Å². The van der Waals surface area contributed by atoms with Crippen molar-refractivity contribution in [1.29, 1.82) is 0 Å². The molecule has 0 aromatic carbocycles. The van der Waals surface area contributed by atoms with Crippen molar-refractivity contribution < 1.29 is 13.9 Å². The molecule has 3 nitrogen and oxygen atoms in total. The van der Waals surface area contributed by atoms with Crippen molar-refractivity contribution in [2.24, 2.45) is 0 Å². The highest BCUT2D eigenvalue weighted by molar-refractivity contribution is 4.80. The van der Waals surface area contributed by atoms with Crippen molar-refractivity contribution in [2.75, 3.05) is 39.5 Å². The fourth-order valence-corrected chi connectivity index (χ4v) is 1.83. The predicted octanol–water partition coefficient (Wildman–Crippen LogP) is 0.0555. The van der Waals surface area contributed by atoms with Gasteiger partial charge in [-0.25, -0.2) is 4.39 Å². The molecule has 0 spiro atoms. The highest BCUT2D eigenvalue weighted by Gasteiger charge is 2.31. The summed E-state index contributed by atoms with van der Waals surface area (Å²) < 4.78 is 23.0. The van der Waals surface area contributed by atoms with Crippen molar-refractivity contribution in [2.45, 2.75) is 12.2 Å². The van der Waals surface area contributed by atoms with Crippen molar-refractivity contribution in [3.05, 3.63) is 0 Å². The van der Waals surface area contributed by atoms with Gasteiger partial charge in [-0.2, -0.15) is 0 Å². The van der Waals surface area contributed by atoms with Crippen LogP contribution in [0.2, 0.25) is 0 Å². The van der Waals surface area contributed by atoms with E-state index in [1.807, 2.05) is 0 Å². The molecule has 2 atom stereocenters. The summed E-state index contributed by atoms with van der Waals surface area (Å²) in [5.41, 5.74) is 0. The van der Waals surface area contributed by atoms with E-state index in [1.165, 1.54) is 0 Å². The molecule has 0 saturated carbocycles. The molecule has 2 heterocycles. The molecule has 0 radical (unpaired) electrons. The fraction of sp³-hybridized carbons (Fsp3) is 1.00. The largest absolute Gasteiger partial charge is 0.376 e. The van der Waals surface area contributed by atoms with Gasteiger partial charge in [-0.3, -0.25) is 4.90 Å². The molecule has 0 aromatic heterocycles. The van der Waals surface area contributed by atoms with Crippen LogP contribution in [-0.2, 0) is 9.47 Å². The van der Waals surface area contributed by atoms with E-state index in [1.54, 1.807) is 0 Å². The van der Waals surface area contributed by atoms with Crippen LogP contribution in [0.4, 0.5) is 4.39 Å². The fourth-order valence-electron chi connectivity index (χ4n) is 1.83. The number of nitrogens with zero attached hydrogens (tertiary/aromatic N) is 1. The summed E-state index contributed by atoms with van der Waals surface area (Å²) in [6.45, 7) is 3.25. The number of hydrogen-bond acceptors (Lipinski definition) is 3. The number of fused-ring (bicyclic) bond motifs is 2. The van der Waals surface area contributed by atoms with Gasteiger partial charge in [-0.15, -0.1) is 0 Å². The van der Waals surface area contributed by atoms with Gasteiger partial charge in [0.1, 0.15) is 6.67 Å². The van der Waals surface area contributed by atoms with Crippen LogP contribution < -0.4 is 0 Å². The van der Waals surface area contributed by atoms with E-state index < -0.39 is 0 Å². The van der Waals surface area contributed by atoms with Crippen molar-refractivity contribution >= 4 is 0 Å². The van der Waals surface area contributed by atoms with Gasteiger partial charge in [0.05, 0.1) is 25.4 Å². The Morgan fingerprint density at radius 1 is 1.25 bits per heavy atom. The van der Waals surface area contributed by atoms with Crippen LogP contribution in [0, 0.1) is 0 Å². The topological polar surface area (TPSA) is 21.7 Å². The quantitative estimate of drug-likeness (QED) is 0.592. The molecular formula is C8H14FNO2. The van der Waals surface area contributed by atoms with Gasteiger partial charge in [0.2, 0.25) is 0 Å². The maximum absolute atomic E-state index is 12.0. The maximum atomic E-state index is 12.0. The van der Waals surface area contributed by atoms with Gasteiger partial charge in [0, 0.05) is 19.6 Å². The summed E-state index contributed by atoms with van der Waals surface area (Å²) >= 11 is 0. The third kappa shape index (κ3) is 1.76. The summed E-state index contributed by atoms with van der Waals surface area (Å²) in [5, 5.41) is 0. The molecular weight excluding hydrogens is 161 g/mol. The monoisotopic (exact) mass is 175 g/mol. The average molecular weight is 175 g/mol. The molecule has 2 aliphatic rings. The molecule has 2 saturated heterocycles. The zero-order valence-electron chi connectivity index (χ0n) is 7.04. The van der Waals surface area contributed by atoms with Crippen molar-refractivity contribution in [1.82, 2.24) is 4.90 Å². The molecule has 0 N–H and O–H groups in total. The molecule has 4 heteroatoms. The lowest BCUT2D eigenvalue weighted by molar-refractivity contribution is -0.179. The van der Waals surface area contributed by atoms with Crippen LogP contribution in [0.5, 0.6) is 0 Å². The summed E-state index contributed by atoms with van der Waals surface area (Å²) in [6.07, 6.45) is 0.341. The van der Waals surface area contributed by atoms with Crippen LogP contribution in [0.15, 0.2) is 0 Å². The SMILES string of the molecule is FCCN1CC2COCC(C1)O2. The van der Waals surface area contributed by atoms with Gasteiger partial charge in [-0.1, -0.05) is 0 Å². The molecule has 0 aromatic rings. The molecule has 70 valence electrons. The molecule has 2 bridgehead atoms. The summed E-state index contributed by atoms with van der Waals surface area (Å²) in [7, 11) is 0. The lowest BCUT2D eigenvalue weighted by Crippen LogP contribution is -2.54. The maximum Gasteiger partial charge on any atom is 0.102 e. The number of ether oxygens (including phenoxy) is 2. The first-order chi connectivity index (χ1) is 5.88. The number of halogens is 1. The highest BCUT2D eigenvalue weighted by Crippen LogP contribution is 2.16. The minimum absolute atomic E-state index is 0.170. The third-order valence-corrected chi connectivity index (χ3v) is 2.32. The van der Waals surface area contributed by atoms with E-state index in [-0.39, 0.29) is 18.9 Å². The Kier molecular flexibility index (Phi) is 2.58. The van der Waals surface area contributed by atoms with Crippen LogP contribution in [0.3, 0.4) is 0 Å². The zero-order chi connectivity index (χ0) is 8.39. The average Bonchev–Trinajstić information content (AvgIpc) is 2.04. The van der Waals surface area contributed by atoms with Crippen molar-refractivity contribution in [3.63, 3.8) is 0 Å². The van der Waals surface area contributed by atoms with E-state index >= 15 is 0 Å². The number of rotatable bonds is 2. The molecule has 2 aliphatic heterocycles. The minimum Gasteiger partial charge on any atom is -0.376 e. The van der Waals surface area contributed by atoms with Gasteiger partial charge in [-0.05, 0) is 0 Å². The van der Waals surface area contributed by atoms with Gasteiger partial charge >= 0.3 is 0 Å². The van der Waals surface area contributed by atoms with E-state index in [0.29, 0.717) is 19.8 Å². The predicted molar refractivity (Wildman–Crippen MR) is 41.9 cm³/mol. The first-order valence-corrected chi connectivity index (χ1v) is 4.40. The van der Waals surface area contributed by atoms with Crippen LogP contribution in [-0.4, -0.2) is 56.6 Å². The molecule has 2 unspecified atom stereocenters. The Labute approximate surface area is 71.4 Å². The summed E-state index contributed by atoms with van der Waals surface area (Å²) in [6, 6.07) is 0. The first-order valence-electron chi connectivity index (χ1n) is 4.40. The van der Waals surface area contributed by atoms with Crippen LogP contribution in [0.1, 0.15) is 0 Å². The smallest absolute Gasteiger partial charge is 0.102 e. The molecule has 0 aliphatic carbocycles. The lowest BCUT2D eigenvalue weighted by atomic mass is 10.2. The second-order valence-corrected chi connectivity index (χ2v) is 3.37. The van der Waals surface area contributed by atoms with Gasteiger partial charge in [0.25, 0.3) is 0 Å². The highest BCUT2D eigenvalue weighted by atomic mass is 19.1. The minimum atomic E-state index is -0.264. The van der Waals surface area contributed by atoms with E-state index in [0.717, 1.165) is 13.1 Å². The Bertz CT molecular complexity index is 144. The second kappa shape index (κ2) is 3.68. The molecule has 0 amide bonds. The van der Waals surface area contributed by atoms with E-state index in [2.05, 4.69) is 4.90 Å². The normalized spacial score (nSPS) is 36.8. The van der Waals surface area contributed by atoms with Gasteiger partial charge < -0.3 is 9.47 Å².